The minimum atomic E-state index is -3.61. The number of hydrogen-bond donors (Lipinski definition) is 2. The summed E-state index contributed by atoms with van der Waals surface area (Å²) in [7, 11) is -3.61. The fourth-order valence-corrected chi connectivity index (χ4v) is 8.36. The molecular weight excluding hydrogens is 630 g/mol. The van der Waals surface area contributed by atoms with E-state index in [1.54, 1.807) is 24.3 Å². The molecule has 2 N–H and O–H groups in total. The van der Waals surface area contributed by atoms with Crippen LogP contribution in [0.25, 0.3) is 5.69 Å². The summed E-state index contributed by atoms with van der Waals surface area (Å²) in [6, 6.07) is 6.42. The van der Waals surface area contributed by atoms with Crippen LogP contribution in [0.2, 0.25) is 0 Å². The molecule has 1 atom stereocenters. The molecule has 5 rings (SSSR count). The zero-order chi connectivity index (χ0) is 34.5. The number of carbonyl (C=O) groups excluding carboxylic acids is 2. The van der Waals surface area contributed by atoms with Crippen LogP contribution in [0.15, 0.2) is 29.2 Å². The molecule has 1 spiro atoms. The third-order valence-corrected chi connectivity index (χ3v) is 11.7. The highest BCUT2D eigenvalue weighted by Gasteiger charge is 2.53. The number of hydrogen-bond acceptors (Lipinski definition) is 8. The van der Waals surface area contributed by atoms with Gasteiger partial charge < -0.3 is 15.0 Å². The topological polar surface area (TPSA) is 129 Å². The lowest BCUT2D eigenvalue weighted by molar-refractivity contribution is -0.161. The van der Waals surface area contributed by atoms with Crippen LogP contribution >= 0.6 is 0 Å². The lowest BCUT2D eigenvalue weighted by Crippen LogP contribution is -2.73. The molecule has 48 heavy (non-hydrogen) atoms. The second-order valence-corrected chi connectivity index (χ2v) is 15.8. The number of nitrogens with one attached hydrogen (secondary N) is 2. The maximum absolute atomic E-state index is 13.6. The van der Waals surface area contributed by atoms with Gasteiger partial charge in [0.25, 0.3) is 0 Å². The van der Waals surface area contributed by atoms with E-state index in [-0.39, 0.29) is 16.7 Å². The lowest BCUT2D eigenvalue weighted by Gasteiger charge is -2.52. The molecule has 266 valence electrons. The van der Waals surface area contributed by atoms with Crippen molar-refractivity contribution < 1.29 is 22.7 Å². The first-order valence-corrected chi connectivity index (χ1v) is 19.2. The van der Waals surface area contributed by atoms with Gasteiger partial charge in [-0.25, -0.2) is 17.8 Å². The number of morpholine rings is 1. The number of rotatable bonds is 14. The summed E-state index contributed by atoms with van der Waals surface area (Å²) in [4.78, 5) is 34.1. The van der Waals surface area contributed by atoms with Crippen LogP contribution in [0.5, 0.6) is 0 Å². The molecule has 13 heteroatoms. The Morgan fingerprint density at radius 3 is 2.33 bits per heavy atom. The maximum Gasteiger partial charge on any atom is 0.246 e. The molecule has 3 saturated heterocycles. The quantitative estimate of drug-likeness (QED) is 0.291. The number of nitrogens with zero attached hydrogens (tertiary/aromatic N) is 5. The number of piperazine rings is 1. The number of aryl methyl sites for hydroxylation is 1. The molecule has 0 radical (unpaired) electrons. The van der Waals surface area contributed by atoms with Gasteiger partial charge in [0.2, 0.25) is 21.8 Å². The van der Waals surface area contributed by atoms with Crippen molar-refractivity contribution in [1.82, 2.24) is 34.5 Å². The number of piperidine rings is 1. The fraction of sp³-hybridized carbons (Fsp3) is 0.686. The van der Waals surface area contributed by atoms with Gasteiger partial charge in [0.1, 0.15) is 11.6 Å². The predicted molar refractivity (Wildman–Crippen MR) is 185 cm³/mol. The van der Waals surface area contributed by atoms with E-state index in [0.717, 1.165) is 74.7 Å². The second-order valence-electron chi connectivity index (χ2n) is 14.1. The summed E-state index contributed by atoms with van der Waals surface area (Å²) in [5.74, 6) is 0.383. The molecule has 1 unspecified atom stereocenters. The lowest BCUT2D eigenvalue weighted by atomic mass is 9.80. The summed E-state index contributed by atoms with van der Waals surface area (Å²) in [6.07, 6.45) is 4.46. The molecule has 1 aromatic heterocycles. The van der Waals surface area contributed by atoms with Gasteiger partial charge in [-0.2, -0.15) is 5.10 Å². The summed E-state index contributed by atoms with van der Waals surface area (Å²) in [5, 5.41) is 7.92. The van der Waals surface area contributed by atoms with Crippen molar-refractivity contribution in [3.8, 4) is 5.69 Å². The minimum Gasteiger partial charge on any atom is -0.379 e. The number of benzene rings is 1. The number of ether oxygens (including phenoxy) is 1. The zero-order valence-electron chi connectivity index (χ0n) is 29.5. The average Bonchev–Trinajstić information content (AvgIpc) is 3.35. The van der Waals surface area contributed by atoms with E-state index in [4.69, 9.17) is 9.84 Å². The minimum absolute atomic E-state index is 0.00247. The highest BCUT2D eigenvalue weighted by Crippen LogP contribution is 2.35. The monoisotopic (exact) mass is 685 g/mol. The van der Waals surface area contributed by atoms with E-state index in [9.17, 15) is 18.0 Å². The highest BCUT2D eigenvalue weighted by atomic mass is 32.2. The average molecular weight is 686 g/mol. The fourth-order valence-electron chi connectivity index (χ4n) is 7.29. The molecule has 3 aliphatic heterocycles. The molecule has 2 amide bonds. The summed E-state index contributed by atoms with van der Waals surface area (Å²) < 4.78 is 35.9. The molecule has 3 fully saturated rings. The zero-order valence-corrected chi connectivity index (χ0v) is 30.3. The predicted octanol–water partition coefficient (Wildman–Crippen LogP) is 3.00. The van der Waals surface area contributed by atoms with Crippen LogP contribution < -0.4 is 10.0 Å². The Bertz CT molecular complexity index is 1510. The molecular formula is C35H55N7O5S. The largest absolute Gasteiger partial charge is 0.379 e. The number of likely N-dealkylation sites (tertiary alicyclic amines) is 1. The number of aromatic nitrogens is 2. The van der Waals surface area contributed by atoms with Crippen molar-refractivity contribution >= 4 is 21.8 Å². The van der Waals surface area contributed by atoms with Gasteiger partial charge in [-0.15, -0.1) is 0 Å². The van der Waals surface area contributed by atoms with Crippen LogP contribution in [0.3, 0.4) is 0 Å². The Kier molecular flexibility index (Phi) is 12.0. The van der Waals surface area contributed by atoms with Crippen LogP contribution in [-0.2, 0) is 30.9 Å². The van der Waals surface area contributed by atoms with E-state index < -0.39 is 21.6 Å². The van der Waals surface area contributed by atoms with Crippen LogP contribution in [0.4, 0.5) is 0 Å². The normalized spacial score (nSPS) is 21.0. The molecule has 12 nitrogen and oxygen atoms in total. The standard InChI is InChI=1S/C35H55N7O5S/c1-6-7-17-41-33(43)32(24-26(2)3)37-34(44)35(41)13-18-40(19-14-35)25-31-27(4)38-42(28(31)5)29-9-11-30(12-10-29)48(45,46)36-15-8-16-39-20-22-47-23-21-39/h9-12,26,32,36H,6-8,13-25H2,1-5H3,(H,37,44). The molecule has 0 aliphatic carbocycles. The second kappa shape index (κ2) is 15.8. The SMILES string of the molecule is CCCCN1C(=O)C(CC(C)C)NC(=O)C12CCN(Cc1c(C)nn(-c3ccc(S(=O)(=O)NCCCN4CCOCC4)cc3)c1C)CC2. The van der Waals surface area contributed by atoms with Crippen LogP contribution in [-0.4, -0.2) is 115 Å². The molecule has 3 aliphatic rings. The van der Waals surface area contributed by atoms with Crippen LogP contribution in [0.1, 0.15) is 76.2 Å². The van der Waals surface area contributed by atoms with Crippen molar-refractivity contribution in [3.05, 3.63) is 41.2 Å². The van der Waals surface area contributed by atoms with Gasteiger partial charge in [0, 0.05) is 57.1 Å². The number of carbonyl (C=O) groups is 2. The smallest absolute Gasteiger partial charge is 0.246 e. The molecule has 4 heterocycles. The molecule has 0 bridgehead atoms. The van der Waals surface area contributed by atoms with E-state index in [2.05, 4.69) is 40.6 Å². The van der Waals surface area contributed by atoms with Gasteiger partial charge in [-0.05, 0) is 82.7 Å². The third-order valence-electron chi connectivity index (χ3n) is 10.2. The Labute approximate surface area is 286 Å². The molecule has 1 aromatic carbocycles. The van der Waals surface area contributed by atoms with E-state index in [0.29, 0.717) is 57.9 Å². The molecule has 0 saturated carbocycles. The summed E-state index contributed by atoms with van der Waals surface area (Å²) in [5.41, 5.74) is 3.04. The van der Waals surface area contributed by atoms with Gasteiger partial charge in [-0.3, -0.25) is 19.4 Å². The van der Waals surface area contributed by atoms with E-state index in [1.807, 2.05) is 23.4 Å². The molecule has 2 aromatic rings. The van der Waals surface area contributed by atoms with Crippen molar-refractivity contribution in [2.75, 3.05) is 59.0 Å². The third kappa shape index (κ3) is 8.13. The van der Waals surface area contributed by atoms with Gasteiger partial charge >= 0.3 is 0 Å². The van der Waals surface area contributed by atoms with Gasteiger partial charge in [0.05, 0.1) is 29.5 Å². The Balaban J connectivity index is 1.20. The van der Waals surface area contributed by atoms with Gasteiger partial charge in [-0.1, -0.05) is 27.2 Å². The van der Waals surface area contributed by atoms with Gasteiger partial charge in [0.15, 0.2) is 0 Å². The Hall–Kier alpha value is -2.84. The summed E-state index contributed by atoms with van der Waals surface area (Å²) in [6.45, 7) is 17.5. The Morgan fingerprint density at radius 1 is 1.00 bits per heavy atom. The first kappa shape index (κ1) is 36.4. The van der Waals surface area contributed by atoms with Crippen molar-refractivity contribution in [1.29, 1.82) is 0 Å². The Morgan fingerprint density at radius 2 is 1.69 bits per heavy atom. The van der Waals surface area contributed by atoms with E-state index in [1.165, 1.54) is 0 Å². The maximum atomic E-state index is 13.6. The first-order valence-electron chi connectivity index (χ1n) is 17.8. The summed E-state index contributed by atoms with van der Waals surface area (Å²) >= 11 is 0. The van der Waals surface area contributed by atoms with Crippen molar-refractivity contribution in [2.24, 2.45) is 5.92 Å². The first-order chi connectivity index (χ1) is 22.9. The number of sulfonamides is 1. The number of unbranched alkanes of at least 4 members (excludes halogenated alkanes) is 1. The highest BCUT2D eigenvalue weighted by molar-refractivity contribution is 7.89. The van der Waals surface area contributed by atoms with Crippen LogP contribution in [0, 0.1) is 19.8 Å². The van der Waals surface area contributed by atoms with Crippen molar-refractivity contribution in [3.63, 3.8) is 0 Å². The number of amides is 2. The van der Waals surface area contributed by atoms with E-state index >= 15 is 0 Å². The van der Waals surface area contributed by atoms with Crippen molar-refractivity contribution in [2.45, 2.75) is 96.2 Å².